The van der Waals surface area contributed by atoms with Crippen molar-refractivity contribution >= 4 is 5.97 Å². The number of rotatable bonds is 5. The molecule has 0 bridgehead atoms. The highest BCUT2D eigenvalue weighted by Gasteiger charge is 2.30. The predicted molar refractivity (Wildman–Crippen MR) is 50.7 cm³/mol. The molecule has 0 saturated heterocycles. The third-order valence-corrected chi connectivity index (χ3v) is 2.71. The molecule has 1 N–H and O–H groups in total. The summed E-state index contributed by atoms with van der Waals surface area (Å²) in [7, 11) is 0. The second-order valence-electron chi connectivity index (χ2n) is 3.68. The molecule has 4 nitrogen and oxygen atoms in total. The van der Waals surface area contributed by atoms with Gasteiger partial charge in [-0.15, -0.1) is 0 Å². The smallest absolute Gasteiger partial charge is 0.306 e. The van der Waals surface area contributed by atoms with Crippen LogP contribution in [0, 0.1) is 11.8 Å². The molecular formula is C10H18O4. The predicted octanol–water partition coefficient (Wildman–Crippen LogP) is 1.85. The third-order valence-electron chi connectivity index (χ3n) is 2.71. The molecule has 0 aromatic carbocycles. The number of carboxylic acids is 1. The van der Waals surface area contributed by atoms with Gasteiger partial charge in [0.15, 0.2) is 0 Å². The van der Waals surface area contributed by atoms with Crippen LogP contribution < -0.4 is 0 Å². The Morgan fingerprint density at radius 2 is 2.07 bits per heavy atom. The van der Waals surface area contributed by atoms with Crippen LogP contribution in [0.25, 0.3) is 0 Å². The van der Waals surface area contributed by atoms with E-state index in [4.69, 9.17) is 14.9 Å². The van der Waals surface area contributed by atoms with Crippen molar-refractivity contribution in [2.75, 3.05) is 13.2 Å². The third kappa shape index (κ3) is 3.27. The quantitative estimate of drug-likeness (QED) is 0.420. The highest BCUT2D eigenvalue weighted by molar-refractivity contribution is 5.70. The molecule has 2 unspecified atom stereocenters. The van der Waals surface area contributed by atoms with Crippen molar-refractivity contribution < 1.29 is 19.7 Å². The van der Waals surface area contributed by atoms with E-state index in [1.54, 1.807) is 0 Å². The Labute approximate surface area is 84.1 Å². The highest BCUT2D eigenvalue weighted by atomic mass is 17.2. The van der Waals surface area contributed by atoms with Crippen LogP contribution in [0.2, 0.25) is 0 Å². The van der Waals surface area contributed by atoms with Crippen molar-refractivity contribution in [3.63, 3.8) is 0 Å². The van der Waals surface area contributed by atoms with Crippen molar-refractivity contribution in [2.24, 2.45) is 11.8 Å². The summed E-state index contributed by atoms with van der Waals surface area (Å²) < 4.78 is 0. The van der Waals surface area contributed by atoms with E-state index >= 15 is 0 Å². The number of hydrogen-bond acceptors (Lipinski definition) is 3. The van der Waals surface area contributed by atoms with Gasteiger partial charge in [0.25, 0.3) is 0 Å². The lowest BCUT2D eigenvalue weighted by molar-refractivity contribution is -0.301. The number of aliphatic carboxylic acids is 1. The zero-order valence-electron chi connectivity index (χ0n) is 8.57. The fraction of sp³-hybridized carbons (Fsp3) is 0.900. The zero-order valence-corrected chi connectivity index (χ0v) is 8.57. The van der Waals surface area contributed by atoms with Gasteiger partial charge in [0.05, 0.1) is 19.1 Å². The monoisotopic (exact) mass is 202 g/mol. The summed E-state index contributed by atoms with van der Waals surface area (Å²) in [5, 5.41) is 8.97. The Balaban J connectivity index is 2.34. The fourth-order valence-corrected chi connectivity index (χ4v) is 1.95. The van der Waals surface area contributed by atoms with Crippen molar-refractivity contribution in [2.45, 2.75) is 32.6 Å². The molecule has 1 rings (SSSR count). The van der Waals surface area contributed by atoms with Crippen LogP contribution in [-0.4, -0.2) is 24.3 Å². The molecular weight excluding hydrogens is 184 g/mol. The van der Waals surface area contributed by atoms with Crippen LogP contribution in [0.5, 0.6) is 0 Å². The van der Waals surface area contributed by atoms with E-state index in [1.807, 2.05) is 6.92 Å². The van der Waals surface area contributed by atoms with E-state index in [0.29, 0.717) is 13.2 Å². The summed E-state index contributed by atoms with van der Waals surface area (Å²) in [5.41, 5.74) is 0. The molecule has 14 heavy (non-hydrogen) atoms. The van der Waals surface area contributed by atoms with E-state index in [1.165, 1.54) is 0 Å². The first-order valence-corrected chi connectivity index (χ1v) is 5.23. The molecule has 82 valence electrons. The molecule has 1 aliphatic carbocycles. The summed E-state index contributed by atoms with van der Waals surface area (Å²) in [6.07, 6.45) is 3.82. The number of hydrogen-bond donors (Lipinski definition) is 1. The highest BCUT2D eigenvalue weighted by Crippen LogP contribution is 2.30. The van der Waals surface area contributed by atoms with Gasteiger partial charge >= 0.3 is 5.97 Å². The van der Waals surface area contributed by atoms with E-state index in [9.17, 15) is 4.79 Å². The molecule has 0 amide bonds. The first-order valence-electron chi connectivity index (χ1n) is 5.23. The average Bonchev–Trinajstić information content (AvgIpc) is 2.19. The molecule has 0 aromatic rings. The standard InChI is InChI=1S/C10H18O4/c1-2-13-14-7-8-5-3-4-6-9(8)10(11)12/h8-9H,2-7H2,1H3,(H,11,12). The molecule has 0 radical (unpaired) electrons. The van der Waals surface area contributed by atoms with Crippen molar-refractivity contribution in [1.29, 1.82) is 0 Å². The molecule has 0 heterocycles. The van der Waals surface area contributed by atoms with Crippen molar-refractivity contribution in [3.8, 4) is 0 Å². The number of carbonyl (C=O) groups is 1. The zero-order chi connectivity index (χ0) is 10.4. The van der Waals surface area contributed by atoms with Gasteiger partial charge in [0, 0.05) is 0 Å². The maximum atomic E-state index is 10.9. The van der Waals surface area contributed by atoms with Crippen LogP contribution in [0.1, 0.15) is 32.6 Å². The average molecular weight is 202 g/mol. The fourth-order valence-electron chi connectivity index (χ4n) is 1.95. The van der Waals surface area contributed by atoms with E-state index in [2.05, 4.69) is 0 Å². The van der Waals surface area contributed by atoms with E-state index in [0.717, 1.165) is 25.7 Å². The molecule has 1 fully saturated rings. The molecule has 2 atom stereocenters. The van der Waals surface area contributed by atoms with E-state index in [-0.39, 0.29) is 11.8 Å². The van der Waals surface area contributed by atoms with Gasteiger partial charge in [-0.05, 0) is 25.7 Å². The minimum Gasteiger partial charge on any atom is -0.481 e. The lowest BCUT2D eigenvalue weighted by Crippen LogP contribution is -2.30. The van der Waals surface area contributed by atoms with Gasteiger partial charge in [-0.25, -0.2) is 9.78 Å². The van der Waals surface area contributed by atoms with Gasteiger partial charge < -0.3 is 5.11 Å². The van der Waals surface area contributed by atoms with Crippen molar-refractivity contribution in [3.05, 3.63) is 0 Å². The largest absolute Gasteiger partial charge is 0.481 e. The van der Waals surface area contributed by atoms with Crippen LogP contribution in [0.4, 0.5) is 0 Å². The Morgan fingerprint density at radius 3 is 2.71 bits per heavy atom. The van der Waals surface area contributed by atoms with Gasteiger partial charge in [-0.2, -0.15) is 0 Å². The van der Waals surface area contributed by atoms with Gasteiger partial charge in [-0.3, -0.25) is 4.79 Å². The molecule has 0 spiro atoms. The van der Waals surface area contributed by atoms with Crippen LogP contribution >= 0.6 is 0 Å². The molecule has 4 heteroatoms. The second kappa shape index (κ2) is 5.98. The van der Waals surface area contributed by atoms with Crippen LogP contribution in [0.3, 0.4) is 0 Å². The summed E-state index contributed by atoms with van der Waals surface area (Å²) in [6.45, 7) is 2.75. The molecule has 1 saturated carbocycles. The van der Waals surface area contributed by atoms with Crippen LogP contribution in [0.15, 0.2) is 0 Å². The first-order chi connectivity index (χ1) is 6.75. The lowest BCUT2D eigenvalue weighted by Gasteiger charge is -2.27. The maximum Gasteiger partial charge on any atom is 0.306 e. The Kier molecular flexibility index (Phi) is 4.90. The van der Waals surface area contributed by atoms with Gasteiger partial charge in [0.2, 0.25) is 0 Å². The topological polar surface area (TPSA) is 55.8 Å². The summed E-state index contributed by atoms with van der Waals surface area (Å²) >= 11 is 0. The van der Waals surface area contributed by atoms with E-state index < -0.39 is 5.97 Å². The Morgan fingerprint density at radius 1 is 1.36 bits per heavy atom. The Bertz CT molecular complexity index is 181. The number of carboxylic acid groups (broad SMARTS) is 1. The summed E-state index contributed by atoms with van der Waals surface area (Å²) in [6, 6.07) is 0. The minimum atomic E-state index is -0.699. The summed E-state index contributed by atoms with van der Waals surface area (Å²) in [4.78, 5) is 20.6. The SMILES string of the molecule is CCOOCC1CCCCC1C(=O)O. The van der Waals surface area contributed by atoms with Crippen molar-refractivity contribution in [1.82, 2.24) is 0 Å². The maximum absolute atomic E-state index is 10.9. The van der Waals surface area contributed by atoms with Gasteiger partial charge in [-0.1, -0.05) is 12.8 Å². The summed E-state index contributed by atoms with van der Waals surface area (Å²) in [5.74, 6) is -0.827. The van der Waals surface area contributed by atoms with Crippen LogP contribution in [-0.2, 0) is 14.6 Å². The Hall–Kier alpha value is -0.610. The first kappa shape index (κ1) is 11.5. The molecule has 1 aliphatic rings. The molecule has 0 aromatic heterocycles. The normalized spacial score (nSPS) is 27.5. The van der Waals surface area contributed by atoms with Gasteiger partial charge in [0.1, 0.15) is 0 Å². The second-order valence-corrected chi connectivity index (χ2v) is 3.68. The molecule has 0 aliphatic heterocycles. The minimum absolute atomic E-state index is 0.118. The lowest BCUT2D eigenvalue weighted by atomic mass is 9.80.